The molecule has 0 unspecified atom stereocenters. The van der Waals surface area contributed by atoms with Gasteiger partial charge in [0.25, 0.3) is 0 Å². The van der Waals surface area contributed by atoms with Crippen LogP contribution in [0.25, 0.3) is 22.5 Å². The van der Waals surface area contributed by atoms with E-state index in [2.05, 4.69) is 17.3 Å². The highest BCUT2D eigenvalue weighted by Gasteiger charge is 2.51. The molecule has 4 aromatic rings. The molecule has 5 rings (SSSR count). The summed E-state index contributed by atoms with van der Waals surface area (Å²) in [7, 11) is 0. The van der Waals surface area contributed by atoms with Crippen molar-refractivity contribution in [3.63, 3.8) is 0 Å². The fourth-order valence-electron chi connectivity index (χ4n) is 4.47. The lowest BCUT2D eigenvalue weighted by atomic mass is 9.93. The third kappa shape index (κ3) is 4.77. The van der Waals surface area contributed by atoms with Crippen LogP contribution in [0.15, 0.2) is 83.4 Å². The smallest absolute Gasteiger partial charge is 0.314 e. The molecular formula is C29H27NO4S. The summed E-state index contributed by atoms with van der Waals surface area (Å²) in [6.07, 6.45) is 0.721. The van der Waals surface area contributed by atoms with Gasteiger partial charge >= 0.3 is 5.97 Å². The zero-order valence-electron chi connectivity index (χ0n) is 19.5. The highest BCUT2D eigenvalue weighted by Crippen LogP contribution is 2.48. The van der Waals surface area contributed by atoms with Gasteiger partial charge in [0, 0.05) is 17.1 Å². The Morgan fingerprint density at radius 1 is 0.971 bits per heavy atom. The first-order valence-corrected chi connectivity index (χ1v) is 12.8. The Morgan fingerprint density at radius 2 is 1.57 bits per heavy atom. The van der Waals surface area contributed by atoms with Crippen LogP contribution in [0.4, 0.5) is 0 Å². The second-order valence-electron chi connectivity index (χ2n) is 9.07. The number of thioether (sulfide) groups is 1. The number of hydrogen-bond acceptors (Lipinski definition) is 5. The number of aromatic nitrogens is 1. The first-order valence-electron chi connectivity index (χ1n) is 11.7. The fraction of sp³-hybridized carbons (Fsp3) is 0.241. The molecule has 35 heavy (non-hydrogen) atoms. The van der Waals surface area contributed by atoms with E-state index in [1.165, 1.54) is 5.56 Å². The third-order valence-electron chi connectivity index (χ3n) is 6.71. The highest BCUT2D eigenvalue weighted by molar-refractivity contribution is 7.98. The molecule has 1 fully saturated rings. The quantitative estimate of drug-likeness (QED) is 0.285. The SMILES string of the molecule is Cc1noc(-c2ccc(-c3ccc(C4(C(=O)O)CC4)cc3)cc2)c1[C@@H](O)CSCc1ccccc1. The van der Waals surface area contributed by atoms with Gasteiger partial charge in [-0.3, -0.25) is 4.79 Å². The van der Waals surface area contributed by atoms with E-state index < -0.39 is 17.5 Å². The van der Waals surface area contributed by atoms with Gasteiger partial charge in [0.05, 0.1) is 22.8 Å². The number of rotatable bonds is 9. The normalized spacial score (nSPS) is 15.0. The van der Waals surface area contributed by atoms with Gasteiger partial charge in [0.15, 0.2) is 5.76 Å². The van der Waals surface area contributed by atoms with Crippen LogP contribution in [0, 0.1) is 6.92 Å². The second kappa shape index (κ2) is 9.72. The summed E-state index contributed by atoms with van der Waals surface area (Å²) in [6, 6.07) is 26.0. The molecule has 2 N–H and O–H groups in total. The molecule has 1 aromatic heterocycles. The lowest BCUT2D eigenvalue weighted by Gasteiger charge is -2.12. The predicted octanol–water partition coefficient (Wildman–Crippen LogP) is 6.40. The lowest BCUT2D eigenvalue weighted by Crippen LogP contribution is -2.19. The molecule has 5 nitrogen and oxygen atoms in total. The van der Waals surface area contributed by atoms with E-state index in [9.17, 15) is 15.0 Å². The molecule has 0 radical (unpaired) electrons. The van der Waals surface area contributed by atoms with E-state index in [0.29, 0.717) is 30.0 Å². The lowest BCUT2D eigenvalue weighted by molar-refractivity contribution is -0.140. The average Bonchev–Trinajstić information content (AvgIpc) is 3.61. The van der Waals surface area contributed by atoms with Crippen LogP contribution in [0.1, 0.15) is 41.3 Å². The fourth-order valence-corrected chi connectivity index (χ4v) is 5.41. The Morgan fingerprint density at radius 3 is 2.17 bits per heavy atom. The zero-order chi connectivity index (χ0) is 24.4. The number of aliphatic hydroxyl groups is 1. The first kappa shape index (κ1) is 23.4. The molecule has 0 amide bonds. The first-order chi connectivity index (χ1) is 17.0. The summed E-state index contributed by atoms with van der Waals surface area (Å²) in [5.74, 6) is 1.23. The molecule has 1 heterocycles. The maximum absolute atomic E-state index is 11.6. The maximum Gasteiger partial charge on any atom is 0.314 e. The molecule has 0 bridgehead atoms. The van der Waals surface area contributed by atoms with Crippen LogP contribution in [-0.4, -0.2) is 27.1 Å². The van der Waals surface area contributed by atoms with Crippen LogP contribution in [0.3, 0.4) is 0 Å². The monoisotopic (exact) mass is 485 g/mol. The van der Waals surface area contributed by atoms with Gasteiger partial charge < -0.3 is 14.7 Å². The molecule has 6 heteroatoms. The van der Waals surface area contributed by atoms with Crippen molar-refractivity contribution < 1.29 is 19.5 Å². The number of carboxylic acid groups (broad SMARTS) is 1. The maximum atomic E-state index is 11.6. The predicted molar refractivity (Wildman–Crippen MR) is 138 cm³/mol. The van der Waals surface area contributed by atoms with Crippen molar-refractivity contribution in [2.75, 3.05) is 5.75 Å². The summed E-state index contributed by atoms with van der Waals surface area (Å²) in [4.78, 5) is 11.6. The zero-order valence-corrected chi connectivity index (χ0v) is 20.3. The molecule has 1 atom stereocenters. The number of aliphatic carboxylic acids is 1. The van der Waals surface area contributed by atoms with Gasteiger partial charge in [0.2, 0.25) is 0 Å². The van der Waals surface area contributed by atoms with Crippen molar-refractivity contribution >= 4 is 17.7 Å². The molecule has 1 saturated carbocycles. The van der Waals surface area contributed by atoms with Crippen molar-refractivity contribution in [2.24, 2.45) is 0 Å². The number of hydrogen-bond donors (Lipinski definition) is 2. The van der Waals surface area contributed by atoms with E-state index in [1.807, 2.05) is 73.7 Å². The Labute approximate surface area is 208 Å². The molecule has 3 aromatic carbocycles. The number of aryl methyl sites for hydroxylation is 1. The van der Waals surface area contributed by atoms with Gasteiger partial charge in [-0.15, -0.1) is 0 Å². The third-order valence-corrected chi connectivity index (χ3v) is 7.79. The Kier molecular flexibility index (Phi) is 6.50. The number of benzene rings is 3. The molecule has 0 spiro atoms. The minimum Gasteiger partial charge on any atom is -0.481 e. The Bertz CT molecular complexity index is 1310. The number of carboxylic acids is 1. The van der Waals surface area contributed by atoms with Crippen molar-refractivity contribution in [3.05, 3.63) is 101 Å². The van der Waals surface area contributed by atoms with Gasteiger partial charge in [-0.2, -0.15) is 11.8 Å². The number of aliphatic hydroxyl groups excluding tert-OH is 1. The number of nitrogens with zero attached hydrogens (tertiary/aromatic N) is 1. The van der Waals surface area contributed by atoms with E-state index in [-0.39, 0.29) is 0 Å². The van der Waals surface area contributed by atoms with Crippen LogP contribution < -0.4 is 0 Å². The Hall–Kier alpha value is -3.35. The minimum absolute atomic E-state index is 0.548. The standard InChI is InChI=1S/C29H27NO4S/c1-19-26(25(31)18-35-17-20-5-3-2-4-6-20)27(34-30-19)23-9-7-21(8-10-23)22-11-13-24(14-12-22)29(15-16-29)28(32)33/h2-14,25,31H,15-18H2,1H3,(H,32,33)/t25-/m0/s1. The summed E-state index contributed by atoms with van der Waals surface area (Å²) >= 11 is 1.68. The van der Waals surface area contributed by atoms with Crippen molar-refractivity contribution in [1.29, 1.82) is 0 Å². The van der Waals surface area contributed by atoms with E-state index in [4.69, 9.17) is 4.52 Å². The molecule has 1 aliphatic rings. The Balaban J connectivity index is 1.29. The van der Waals surface area contributed by atoms with E-state index in [0.717, 1.165) is 33.6 Å². The topological polar surface area (TPSA) is 83.6 Å². The molecule has 0 saturated heterocycles. The van der Waals surface area contributed by atoms with Crippen LogP contribution in [-0.2, 0) is 16.0 Å². The van der Waals surface area contributed by atoms with Gasteiger partial charge in [-0.25, -0.2) is 0 Å². The average molecular weight is 486 g/mol. The van der Waals surface area contributed by atoms with Crippen molar-refractivity contribution in [1.82, 2.24) is 5.16 Å². The van der Waals surface area contributed by atoms with E-state index >= 15 is 0 Å². The second-order valence-corrected chi connectivity index (χ2v) is 10.1. The summed E-state index contributed by atoms with van der Waals surface area (Å²) in [6.45, 7) is 1.85. The van der Waals surface area contributed by atoms with Crippen LogP contribution >= 0.6 is 11.8 Å². The van der Waals surface area contributed by atoms with E-state index in [1.54, 1.807) is 11.8 Å². The summed E-state index contributed by atoms with van der Waals surface area (Å²) in [5.41, 5.74) is 5.73. The summed E-state index contributed by atoms with van der Waals surface area (Å²) < 4.78 is 5.62. The summed E-state index contributed by atoms with van der Waals surface area (Å²) in [5, 5.41) is 24.5. The van der Waals surface area contributed by atoms with Crippen LogP contribution in [0.5, 0.6) is 0 Å². The van der Waals surface area contributed by atoms with Gasteiger partial charge in [-0.1, -0.05) is 84.0 Å². The largest absolute Gasteiger partial charge is 0.481 e. The van der Waals surface area contributed by atoms with Gasteiger partial charge in [0.1, 0.15) is 0 Å². The van der Waals surface area contributed by atoms with Crippen LogP contribution in [0.2, 0.25) is 0 Å². The minimum atomic E-state index is -0.742. The molecule has 1 aliphatic carbocycles. The van der Waals surface area contributed by atoms with Gasteiger partial charge in [-0.05, 0) is 42.0 Å². The van der Waals surface area contributed by atoms with Crippen molar-refractivity contribution in [2.45, 2.75) is 37.0 Å². The molecule has 0 aliphatic heterocycles. The molecule has 178 valence electrons. The highest BCUT2D eigenvalue weighted by atomic mass is 32.2. The number of carbonyl (C=O) groups is 1. The molecular weight excluding hydrogens is 458 g/mol. The van der Waals surface area contributed by atoms with Crippen molar-refractivity contribution in [3.8, 4) is 22.5 Å².